The number of carboxylic acids is 2. The van der Waals surface area contributed by atoms with Crippen molar-refractivity contribution in [3.8, 4) is 11.5 Å². The molecule has 12 nitrogen and oxygen atoms in total. The molecule has 45 heavy (non-hydrogen) atoms. The molecule has 0 aliphatic heterocycles. The van der Waals surface area contributed by atoms with E-state index in [-0.39, 0.29) is 33.9 Å². The van der Waals surface area contributed by atoms with Gasteiger partial charge in [0.25, 0.3) is 0 Å². The van der Waals surface area contributed by atoms with Crippen molar-refractivity contribution in [2.75, 3.05) is 21.3 Å². The predicted molar refractivity (Wildman–Crippen MR) is 151 cm³/mol. The number of nitrogens with one attached hydrogen (secondary N) is 4. The summed E-state index contributed by atoms with van der Waals surface area (Å²) in [5.41, 5.74) is -2.57. The first-order valence-corrected chi connectivity index (χ1v) is 12.5. The monoisotopic (exact) mass is 628 g/mol. The molecule has 8 N–H and O–H groups in total. The summed E-state index contributed by atoms with van der Waals surface area (Å²) in [6.45, 7) is 0. The Morgan fingerprint density at radius 1 is 0.511 bits per heavy atom. The molecular formula is C29H20F4N4O8. The second-order valence-corrected chi connectivity index (χ2v) is 9.27. The molecule has 4 rings (SSSR count). The highest BCUT2D eigenvalue weighted by atomic mass is 19.2. The standard InChI is InChI=1S/C29H20F4N4O8/c30-20-3-1-14(10-22(20)32)34-28(44)36-16-6-12(24(38)18(8-16)26(40)41)5-13-7-17(9-19(25(13)39)27(42)43)37-29(45)35-15-2-4-21(31)23(33)11-15/h1-4,6-11,38-39H,5H2,(H,40,41)(H,42,43)(H2,34,36,44)(H2,35,37,45). The molecule has 0 radical (unpaired) electrons. The van der Waals surface area contributed by atoms with Crippen molar-refractivity contribution in [3.05, 3.63) is 106 Å². The van der Waals surface area contributed by atoms with Gasteiger partial charge in [0, 0.05) is 52.4 Å². The van der Waals surface area contributed by atoms with Crippen LogP contribution in [0.25, 0.3) is 0 Å². The van der Waals surface area contributed by atoms with Gasteiger partial charge in [-0.05, 0) is 48.5 Å². The molecule has 0 fully saturated rings. The fraction of sp³-hybridized carbons (Fsp3) is 0.0345. The van der Waals surface area contributed by atoms with Gasteiger partial charge in [-0.25, -0.2) is 36.7 Å². The molecule has 4 amide bonds. The van der Waals surface area contributed by atoms with Gasteiger partial charge in [-0.2, -0.15) is 0 Å². The van der Waals surface area contributed by atoms with E-state index < -0.39 is 76.3 Å². The van der Waals surface area contributed by atoms with Crippen LogP contribution < -0.4 is 21.3 Å². The number of carbonyl (C=O) groups excluding carboxylic acids is 2. The molecule has 4 aromatic rings. The van der Waals surface area contributed by atoms with Crippen molar-refractivity contribution >= 4 is 46.8 Å². The van der Waals surface area contributed by atoms with Crippen LogP contribution in [0.2, 0.25) is 0 Å². The molecule has 0 unspecified atom stereocenters. The number of hydrogen-bond acceptors (Lipinski definition) is 6. The Morgan fingerprint density at radius 2 is 0.867 bits per heavy atom. The van der Waals surface area contributed by atoms with E-state index in [1.165, 1.54) is 0 Å². The van der Waals surface area contributed by atoms with Crippen molar-refractivity contribution < 1.29 is 57.2 Å². The van der Waals surface area contributed by atoms with Crippen LogP contribution in [0.4, 0.5) is 49.9 Å². The van der Waals surface area contributed by atoms with Crippen LogP contribution in [0, 0.1) is 23.3 Å². The number of benzene rings is 4. The molecule has 0 aromatic heterocycles. The second kappa shape index (κ2) is 12.9. The number of carboxylic acid groups (broad SMARTS) is 2. The quantitative estimate of drug-likeness (QED) is 0.0868. The summed E-state index contributed by atoms with van der Waals surface area (Å²) in [4.78, 5) is 48.5. The molecule has 16 heteroatoms. The van der Waals surface area contributed by atoms with Crippen LogP contribution >= 0.6 is 0 Å². The minimum atomic E-state index is -1.63. The number of hydrogen-bond donors (Lipinski definition) is 8. The largest absolute Gasteiger partial charge is 0.507 e. The molecule has 0 spiro atoms. The van der Waals surface area contributed by atoms with Crippen LogP contribution in [0.15, 0.2) is 60.7 Å². The Bertz CT molecular complexity index is 1740. The van der Waals surface area contributed by atoms with Gasteiger partial charge in [0.1, 0.15) is 22.6 Å². The maximum atomic E-state index is 13.5. The highest BCUT2D eigenvalue weighted by Crippen LogP contribution is 2.34. The van der Waals surface area contributed by atoms with Crippen molar-refractivity contribution in [2.45, 2.75) is 6.42 Å². The van der Waals surface area contributed by atoms with Gasteiger partial charge in [-0.1, -0.05) is 0 Å². The van der Waals surface area contributed by atoms with Crippen molar-refractivity contribution in [1.82, 2.24) is 0 Å². The Balaban J connectivity index is 1.63. The number of aromatic hydroxyl groups is 2. The topological polar surface area (TPSA) is 197 Å². The van der Waals surface area contributed by atoms with Gasteiger partial charge >= 0.3 is 24.0 Å². The number of aromatic carboxylic acids is 2. The number of amides is 4. The smallest absolute Gasteiger partial charge is 0.339 e. The number of urea groups is 2. The summed E-state index contributed by atoms with van der Waals surface area (Å²) in [6.07, 6.45) is -0.543. The summed E-state index contributed by atoms with van der Waals surface area (Å²) >= 11 is 0. The molecule has 0 saturated carbocycles. The second-order valence-electron chi connectivity index (χ2n) is 9.27. The van der Waals surface area contributed by atoms with Crippen LogP contribution in [-0.4, -0.2) is 44.4 Å². The number of phenols is 2. The van der Waals surface area contributed by atoms with Gasteiger partial charge in [0.05, 0.1) is 0 Å². The van der Waals surface area contributed by atoms with E-state index in [0.717, 1.165) is 48.5 Å². The van der Waals surface area contributed by atoms with Crippen LogP contribution in [-0.2, 0) is 6.42 Å². The lowest BCUT2D eigenvalue weighted by atomic mass is 9.97. The Labute approximate surface area is 249 Å². The number of carbonyl (C=O) groups is 4. The van der Waals surface area contributed by atoms with E-state index in [1.807, 2.05) is 0 Å². The van der Waals surface area contributed by atoms with E-state index in [1.54, 1.807) is 0 Å². The normalized spacial score (nSPS) is 10.6. The summed E-state index contributed by atoms with van der Waals surface area (Å²) in [6, 6.07) is 6.99. The van der Waals surface area contributed by atoms with Crippen LogP contribution in [0.5, 0.6) is 11.5 Å². The lowest BCUT2D eigenvalue weighted by Crippen LogP contribution is -2.20. The summed E-state index contributed by atoms with van der Waals surface area (Å²) in [5, 5.41) is 49.4. The molecule has 4 aromatic carbocycles. The third kappa shape index (κ3) is 7.56. The minimum Gasteiger partial charge on any atom is -0.507 e. The lowest BCUT2D eigenvalue weighted by Gasteiger charge is -2.16. The highest BCUT2D eigenvalue weighted by molar-refractivity contribution is 6.02. The highest BCUT2D eigenvalue weighted by Gasteiger charge is 2.22. The van der Waals surface area contributed by atoms with E-state index in [2.05, 4.69) is 21.3 Å². The van der Waals surface area contributed by atoms with Gasteiger partial charge < -0.3 is 41.7 Å². The third-order valence-electron chi connectivity index (χ3n) is 6.09. The molecule has 0 bridgehead atoms. The fourth-order valence-electron chi connectivity index (χ4n) is 4.07. The average Bonchev–Trinajstić information content (AvgIpc) is 2.95. The summed E-state index contributed by atoms with van der Waals surface area (Å²) in [5.74, 6) is -9.67. The van der Waals surface area contributed by atoms with Crippen LogP contribution in [0.3, 0.4) is 0 Å². The first-order valence-electron chi connectivity index (χ1n) is 12.5. The number of rotatable bonds is 8. The first kappa shape index (κ1) is 31.6. The van der Waals surface area contributed by atoms with Gasteiger partial charge in [-0.3, -0.25) is 0 Å². The SMILES string of the molecule is O=C(Nc1ccc(F)c(F)c1)Nc1cc(Cc2cc(NC(=O)Nc3ccc(F)c(F)c3)cc(C(=O)O)c2O)c(O)c(C(=O)O)c1. The zero-order chi connectivity index (χ0) is 33.0. The average molecular weight is 628 g/mol. The van der Waals surface area contributed by atoms with E-state index >= 15 is 0 Å². The molecule has 232 valence electrons. The Morgan fingerprint density at radius 3 is 1.20 bits per heavy atom. The Hall–Kier alpha value is -6.32. The fourth-order valence-corrected chi connectivity index (χ4v) is 4.07. The van der Waals surface area contributed by atoms with Crippen molar-refractivity contribution in [1.29, 1.82) is 0 Å². The molecule has 0 heterocycles. The minimum absolute atomic E-state index is 0.145. The van der Waals surface area contributed by atoms with Gasteiger partial charge in [-0.15, -0.1) is 0 Å². The number of halogens is 4. The maximum Gasteiger partial charge on any atom is 0.339 e. The lowest BCUT2D eigenvalue weighted by molar-refractivity contribution is 0.0682. The summed E-state index contributed by atoms with van der Waals surface area (Å²) < 4.78 is 53.3. The third-order valence-corrected chi connectivity index (χ3v) is 6.09. The Kier molecular flexibility index (Phi) is 9.06. The zero-order valence-electron chi connectivity index (χ0n) is 22.4. The summed E-state index contributed by atoms with van der Waals surface area (Å²) in [7, 11) is 0. The molecule has 0 saturated heterocycles. The first-order chi connectivity index (χ1) is 21.2. The zero-order valence-corrected chi connectivity index (χ0v) is 22.4. The number of anilines is 4. The van der Waals surface area contributed by atoms with E-state index in [9.17, 15) is 57.2 Å². The predicted octanol–water partition coefficient (Wildman–Crippen LogP) is 5.93. The molecule has 0 aliphatic rings. The van der Waals surface area contributed by atoms with E-state index in [0.29, 0.717) is 12.1 Å². The molecule has 0 atom stereocenters. The van der Waals surface area contributed by atoms with Gasteiger partial charge in [0.15, 0.2) is 23.3 Å². The maximum absolute atomic E-state index is 13.5. The molecular weight excluding hydrogens is 608 g/mol. The van der Waals surface area contributed by atoms with Crippen molar-refractivity contribution in [2.24, 2.45) is 0 Å². The molecule has 0 aliphatic carbocycles. The van der Waals surface area contributed by atoms with Crippen molar-refractivity contribution in [3.63, 3.8) is 0 Å². The van der Waals surface area contributed by atoms with Gasteiger partial charge in [0.2, 0.25) is 0 Å². The van der Waals surface area contributed by atoms with E-state index in [4.69, 9.17) is 0 Å². The van der Waals surface area contributed by atoms with Crippen LogP contribution in [0.1, 0.15) is 31.8 Å².